The van der Waals surface area contributed by atoms with Crippen LogP contribution in [0.4, 0.5) is 5.69 Å². The summed E-state index contributed by atoms with van der Waals surface area (Å²) in [4.78, 5) is 4.89. The summed E-state index contributed by atoms with van der Waals surface area (Å²) in [5.74, 6) is 0. The first-order valence-corrected chi connectivity index (χ1v) is 8.54. The van der Waals surface area contributed by atoms with Gasteiger partial charge in [-0.15, -0.1) is 0 Å². The maximum absolute atomic E-state index is 4.89. The summed E-state index contributed by atoms with van der Waals surface area (Å²) in [6.45, 7) is 3.35. The number of nitrogens with zero attached hydrogens (tertiary/aromatic N) is 1. The summed E-state index contributed by atoms with van der Waals surface area (Å²) < 4.78 is 0. The number of para-hydroxylation sites is 1. The Morgan fingerprint density at radius 3 is 2.81 bits per heavy atom. The third-order valence-corrected chi connectivity index (χ3v) is 4.50. The molecule has 2 aromatic rings. The second-order valence-corrected chi connectivity index (χ2v) is 6.12. The first-order valence-electron chi connectivity index (χ1n) is 8.54. The zero-order chi connectivity index (χ0) is 14.5. The van der Waals surface area contributed by atoms with Crippen molar-refractivity contribution in [2.75, 3.05) is 11.9 Å². The average molecular weight is 282 g/mol. The van der Waals surface area contributed by atoms with Crippen LogP contribution in [0.2, 0.25) is 0 Å². The van der Waals surface area contributed by atoms with Crippen LogP contribution in [0.15, 0.2) is 24.3 Å². The second kappa shape index (κ2) is 6.93. The Kier molecular flexibility index (Phi) is 4.74. The van der Waals surface area contributed by atoms with Crippen molar-refractivity contribution in [3.8, 4) is 0 Å². The predicted molar refractivity (Wildman–Crippen MR) is 91.0 cm³/mol. The molecule has 1 aliphatic carbocycles. The van der Waals surface area contributed by atoms with Crippen molar-refractivity contribution in [2.24, 2.45) is 0 Å². The zero-order valence-corrected chi connectivity index (χ0v) is 13.1. The van der Waals surface area contributed by atoms with Gasteiger partial charge in [0.25, 0.3) is 0 Å². The highest BCUT2D eigenvalue weighted by Gasteiger charge is 2.17. The normalized spacial score (nSPS) is 14.1. The molecule has 1 aromatic heterocycles. The molecule has 0 bridgehead atoms. The van der Waals surface area contributed by atoms with Gasteiger partial charge in [-0.3, -0.25) is 4.98 Å². The number of hydrogen-bond acceptors (Lipinski definition) is 2. The van der Waals surface area contributed by atoms with Gasteiger partial charge in [-0.2, -0.15) is 0 Å². The molecular weight excluding hydrogens is 256 g/mol. The fourth-order valence-corrected chi connectivity index (χ4v) is 3.34. The Bertz CT molecular complexity index is 604. The zero-order valence-electron chi connectivity index (χ0n) is 13.1. The lowest BCUT2D eigenvalue weighted by molar-refractivity contribution is 0.668. The first-order chi connectivity index (χ1) is 10.4. The molecule has 0 saturated heterocycles. The molecule has 0 saturated carbocycles. The Hall–Kier alpha value is -1.57. The smallest absolute Gasteiger partial charge is 0.0726 e. The first kappa shape index (κ1) is 14.4. The number of nitrogens with one attached hydrogen (secondary N) is 1. The molecule has 2 heteroatoms. The van der Waals surface area contributed by atoms with E-state index in [4.69, 9.17) is 4.98 Å². The van der Waals surface area contributed by atoms with E-state index in [-0.39, 0.29) is 0 Å². The molecular formula is C19H26N2. The molecule has 0 aliphatic heterocycles. The summed E-state index contributed by atoms with van der Waals surface area (Å²) in [7, 11) is 0. The number of benzene rings is 1. The molecule has 0 fully saturated rings. The third-order valence-electron chi connectivity index (χ3n) is 4.50. The minimum atomic E-state index is 1.08. The summed E-state index contributed by atoms with van der Waals surface area (Å²) in [5, 5.41) is 5.03. The lowest BCUT2D eigenvalue weighted by atomic mass is 9.92. The van der Waals surface area contributed by atoms with E-state index in [1.54, 1.807) is 0 Å². The van der Waals surface area contributed by atoms with Gasteiger partial charge in [-0.1, -0.05) is 44.4 Å². The van der Waals surface area contributed by atoms with Crippen molar-refractivity contribution in [2.45, 2.75) is 58.3 Å². The van der Waals surface area contributed by atoms with Crippen molar-refractivity contribution >= 4 is 16.6 Å². The minimum Gasteiger partial charge on any atom is -0.384 e. The fraction of sp³-hybridized carbons (Fsp3) is 0.526. The fourth-order valence-electron chi connectivity index (χ4n) is 3.34. The Morgan fingerprint density at radius 1 is 1.05 bits per heavy atom. The van der Waals surface area contributed by atoms with Crippen LogP contribution in [0.25, 0.3) is 10.9 Å². The van der Waals surface area contributed by atoms with Gasteiger partial charge in [-0.05, 0) is 43.7 Å². The van der Waals surface area contributed by atoms with Crippen LogP contribution in [0.3, 0.4) is 0 Å². The van der Waals surface area contributed by atoms with E-state index in [0.717, 1.165) is 18.5 Å². The molecule has 0 amide bonds. The van der Waals surface area contributed by atoms with E-state index in [0.29, 0.717) is 0 Å². The van der Waals surface area contributed by atoms with Crippen molar-refractivity contribution in [3.63, 3.8) is 0 Å². The van der Waals surface area contributed by atoms with Crippen molar-refractivity contribution in [1.82, 2.24) is 4.98 Å². The Balaban J connectivity index is 1.87. The molecule has 0 unspecified atom stereocenters. The Morgan fingerprint density at radius 2 is 1.90 bits per heavy atom. The van der Waals surface area contributed by atoms with Gasteiger partial charge in [0.05, 0.1) is 5.52 Å². The van der Waals surface area contributed by atoms with E-state index < -0.39 is 0 Å². The van der Waals surface area contributed by atoms with Crippen LogP contribution in [-0.4, -0.2) is 11.5 Å². The lowest BCUT2D eigenvalue weighted by Gasteiger charge is -2.21. The van der Waals surface area contributed by atoms with Gasteiger partial charge in [0, 0.05) is 23.3 Å². The van der Waals surface area contributed by atoms with Crippen LogP contribution < -0.4 is 5.32 Å². The van der Waals surface area contributed by atoms with Crippen molar-refractivity contribution < 1.29 is 0 Å². The van der Waals surface area contributed by atoms with E-state index in [1.165, 1.54) is 67.3 Å². The quantitative estimate of drug-likeness (QED) is 0.745. The molecule has 1 heterocycles. The van der Waals surface area contributed by atoms with E-state index in [1.807, 2.05) is 0 Å². The van der Waals surface area contributed by atoms with E-state index in [2.05, 4.69) is 36.5 Å². The molecule has 1 N–H and O–H groups in total. The van der Waals surface area contributed by atoms with Crippen LogP contribution in [0.5, 0.6) is 0 Å². The summed E-state index contributed by atoms with van der Waals surface area (Å²) in [6.07, 6.45) is 10.2. The summed E-state index contributed by atoms with van der Waals surface area (Å²) >= 11 is 0. The number of aromatic nitrogens is 1. The molecule has 3 rings (SSSR count). The molecule has 21 heavy (non-hydrogen) atoms. The van der Waals surface area contributed by atoms with Crippen molar-refractivity contribution in [1.29, 1.82) is 0 Å². The van der Waals surface area contributed by atoms with Crippen LogP contribution in [0.1, 0.15) is 56.7 Å². The van der Waals surface area contributed by atoms with Crippen LogP contribution in [-0.2, 0) is 12.8 Å². The number of rotatable bonds is 6. The monoisotopic (exact) mass is 282 g/mol. The molecule has 1 aliphatic rings. The van der Waals surface area contributed by atoms with Gasteiger partial charge < -0.3 is 5.32 Å². The molecule has 0 radical (unpaired) electrons. The largest absolute Gasteiger partial charge is 0.384 e. The lowest BCUT2D eigenvalue weighted by Crippen LogP contribution is -2.12. The number of hydrogen-bond donors (Lipinski definition) is 1. The molecule has 112 valence electrons. The number of fused-ring (bicyclic) bond motifs is 2. The summed E-state index contributed by atoms with van der Waals surface area (Å²) in [6, 6.07) is 8.58. The minimum absolute atomic E-state index is 1.08. The highest BCUT2D eigenvalue weighted by Crippen LogP contribution is 2.33. The SMILES string of the molecule is CCCCCCNc1c2c(nc3ccccc13)CCCC2. The van der Waals surface area contributed by atoms with Gasteiger partial charge >= 0.3 is 0 Å². The third kappa shape index (κ3) is 3.20. The number of anilines is 1. The maximum atomic E-state index is 4.89. The van der Waals surface area contributed by atoms with Crippen LogP contribution in [0, 0.1) is 0 Å². The molecule has 0 spiro atoms. The Labute approximate surface area is 128 Å². The molecule has 2 nitrogen and oxygen atoms in total. The van der Waals surface area contributed by atoms with Gasteiger partial charge in [0.2, 0.25) is 0 Å². The summed E-state index contributed by atoms with van der Waals surface area (Å²) in [5.41, 5.74) is 5.33. The molecule has 1 aromatic carbocycles. The van der Waals surface area contributed by atoms with Crippen molar-refractivity contribution in [3.05, 3.63) is 35.5 Å². The predicted octanol–water partition coefficient (Wildman–Crippen LogP) is 5.11. The molecule has 0 atom stereocenters. The second-order valence-electron chi connectivity index (χ2n) is 6.12. The highest BCUT2D eigenvalue weighted by molar-refractivity contribution is 5.93. The standard InChI is InChI=1S/C19H26N2/c1-2-3-4-9-14-20-19-15-10-5-7-12-17(15)21-18-13-8-6-11-16(18)19/h5,7,10,12H,2-4,6,8-9,11,13-14H2,1H3,(H,20,21). The van der Waals surface area contributed by atoms with E-state index in [9.17, 15) is 0 Å². The van der Waals surface area contributed by atoms with Gasteiger partial charge in [0.15, 0.2) is 0 Å². The topological polar surface area (TPSA) is 24.9 Å². The van der Waals surface area contributed by atoms with E-state index >= 15 is 0 Å². The maximum Gasteiger partial charge on any atom is 0.0726 e. The average Bonchev–Trinajstić information content (AvgIpc) is 2.53. The van der Waals surface area contributed by atoms with Crippen LogP contribution >= 0.6 is 0 Å². The van der Waals surface area contributed by atoms with Gasteiger partial charge in [0.1, 0.15) is 0 Å². The number of pyridine rings is 1. The van der Waals surface area contributed by atoms with Gasteiger partial charge in [-0.25, -0.2) is 0 Å². The highest BCUT2D eigenvalue weighted by atomic mass is 14.9. The number of unbranched alkanes of at least 4 members (excludes halogenated alkanes) is 3. The number of aryl methyl sites for hydroxylation is 1.